The van der Waals surface area contributed by atoms with Gasteiger partial charge >= 0.3 is 0 Å². The van der Waals surface area contributed by atoms with Gasteiger partial charge in [0.2, 0.25) is 0 Å². The highest BCUT2D eigenvalue weighted by Crippen LogP contribution is 2.27. The van der Waals surface area contributed by atoms with E-state index in [2.05, 4.69) is 10.3 Å². The Morgan fingerprint density at radius 2 is 2.40 bits per heavy atom. The van der Waals surface area contributed by atoms with Crippen LogP contribution in [-0.2, 0) is 4.74 Å². The van der Waals surface area contributed by atoms with Crippen LogP contribution >= 0.6 is 11.6 Å². The molecule has 1 aromatic heterocycles. The van der Waals surface area contributed by atoms with Crippen LogP contribution in [0.1, 0.15) is 19.3 Å². The van der Waals surface area contributed by atoms with Crippen molar-refractivity contribution in [2.45, 2.75) is 31.4 Å². The van der Waals surface area contributed by atoms with E-state index in [1.807, 2.05) is 6.07 Å². The van der Waals surface area contributed by atoms with E-state index in [0.29, 0.717) is 17.2 Å². The van der Waals surface area contributed by atoms with Crippen molar-refractivity contribution in [2.24, 2.45) is 0 Å². The molecular formula is C11H15ClN2O. The van der Waals surface area contributed by atoms with Crippen molar-refractivity contribution >= 4 is 17.3 Å². The number of hydrogen-bond donors (Lipinski definition) is 1. The first-order valence-electron chi connectivity index (χ1n) is 5.18. The van der Waals surface area contributed by atoms with Crippen molar-refractivity contribution in [1.29, 1.82) is 0 Å². The number of pyridine rings is 1. The van der Waals surface area contributed by atoms with E-state index in [0.717, 1.165) is 24.9 Å². The third kappa shape index (κ3) is 2.61. The standard InChI is InChI=1S/C11H15ClN2O/c1-15-9-3-2-8(6-9)14-11-4-5-13-7-10(11)12/h4-5,7-9H,2-3,6H2,1H3,(H,13,14). The summed E-state index contributed by atoms with van der Waals surface area (Å²) in [6.07, 6.45) is 7.11. The first-order chi connectivity index (χ1) is 7.29. The highest BCUT2D eigenvalue weighted by molar-refractivity contribution is 6.33. The summed E-state index contributed by atoms with van der Waals surface area (Å²) in [5.74, 6) is 0. The fourth-order valence-corrected chi connectivity index (χ4v) is 2.17. The maximum atomic E-state index is 6.02. The van der Waals surface area contributed by atoms with Crippen LogP contribution in [-0.4, -0.2) is 24.2 Å². The van der Waals surface area contributed by atoms with Gasteiger partial charge in [-0.15, -0.1) is 0 Å². The number of methoxy groups -OCH3 is 1. The summed E-state index contributed by atoms with van der Waals surface area (Å²) in [5, 5.41) is 4.10. The summed E-state index contributed by atoms with van der Waals surface area (Å²) in [6, 6.07) is 2.37. The topological polar surface area (TPSA) is 34.1 Å². The van der Waals surface area contributed by atoms with Crippen LogP contribution in [0.25, 0.3) is 0 Å². The zero-order chi connectivity index (χ0) is 10.7. The van der Waals surface area contributed by atoms with Gasteiger partial charge in [0.15, 0.2) is 0 Å². The minimum absolute atomic E-state index is 0.392. The molecule has 3 nitrogen and oxygen atoms in total. The van der Waals surface area contributed by atoms with Gasteiger partial charge in [0.25, 0.3) is 0 Å². The van der Waals surface area contributed by atoms with Crippen molar-refractivity contribution in [2.75, 3.05) is 12.4 Å². The molecule has 1 aliphatic rings. The summed E-state index contributed by atoms with van der Waals surface area (Å²) in [5.41, 5.74) is 0.966. The Hall–Kier alpha value is -0.800. The molecule has 1 heterocycles. The molecule has 2 unspecified atom stereocenters. The van der Waals surface area contributed by atoms with Gasteiger partial charge in [0, 0.05) is 25.5 Å². The summed E-state index contributed by atoms with van der Waals surface area (Å²) in [4.78, 5) is 3.95. The van der Waals surface area contributed by atoms with Crippen LogP contribution in [0.2, 0.25) is 5.02 Å². The van der Waals surface area contributed by atoms with E-state index in [9.17, 15) is 0 Å². The fourth-order valence-electron chi connectivity index (χ4n) is 2.00. The number of rotatable bonds is 3. The Bertz CT molecular complexity index is 332. The normalized spacial score (nSPS) is 25.5. The Morgan fingerprint density at radius 1 is 1.53 bits per heavy atom. The number of anilines is 1. The van der Waals surface area contributed by atoms with Crippen molar-refractivity contribution in [1.82, 2.24) is 4.98 Å². The molecule has 0 saturated heterocycles. The van der Waals surface area contributed by atoms with E-state index in [1.54, 1.807) is 19.5 Å². The SMILES string of the molecule is COC1CCC(Nc2ccncc2Cl)C1. The molecule has 82 valence electrons. The minimum Gasteiger partial charge on any atom is -0.381 e. The van der Waals surface area contributed by atoms with Crippen molar-refractivity contribution < 1.29 is 4.74 Å². The molecule has 0 amide bonds. The first kappa shape index (κ1) is 10.7. The molecule has 1 N–H and O–H groups in total. The molecule has 4 heteroatoms. The lowest BCUT2D eigenvalue weighted by molar-refractivity contribution is 0.108. The summed E-state index contributed by atoms with van der Waals surface area (Å²) in [6.45, 7) is 0. The van der Waals surface area contributed by atoms with Crippen LogP contribution in [0.4, 0.5) is 5.69 Å². The van der Waals surface area contributed by atoms with Gasteiger partial charge in [-0.3, -0.25) is 4.98 Å². The monoisotopic (exact) mass is 226 g/mol. The number of hydrogen-bond acceptors (Lipinski definition) is 3. The molecule has 1 saturated carbocycles. The molecule has 0 spiro atoms. The summed E-state index contributed by atoms with van der Waals surface area (Å²) < 4.78 is 5.32. The number of aromatic nitrogens is 1. The molecule has 0 bridgehead atoms. The lowest BCUT2D eigenvalue weighted by Crippen LogP contribution is -2.17. The molecule has 0 aliphatic heterocycles. The third-order valence-corrected chi connectivity index (χ3v) is 3.15. The van der Waals surface area contributed by atoms with Crippen LogP contribution in [0, 0.1) is 0 Å². The molecule has 1 aromatic rings. The number of nitrogens with zero attached hydrogens (tertiary/aromatic N) is 1. The molecule has 0 radical (unpaired) electrons. The Morgan fingerprint density at radius 3 is 3.07 bits per heavy atom. The maximum absolute atomic E-state index is 6.02. The van der Waals surface area contributed by atoms with Gasteiger partial charge in [0.05, 0.1) is 16.8 Å². The van der Waals surface area contributed by atoms with Crippen LogP contribution < -0.4 is 5.32 Å². The second-order valence-corrected chi connectivity index (χ2v) is 4.27. The van der Waals surface area contributed by atoms with Crippen LogP contribution in [0.15, 0.2) is 18.5 Å². The number of halogens is 1. The molecule has 2 atom stereocenters. The van der Waals surface area contributed by atoms with Gasteiger partial charge in [-0.05, 0) is 25.3 Å². The van der Waals surface area contributed by atoms with E-state index < -0.39 is 0 Å². The quantitative estimate of drug-likeness (QED) is 0.861. The predicted octanol–water partition coefficient (Wildman–Crippen LogP) is 2.71. The van der Waals surface area contributed by atoms with Gasteiger partial charge < -0.3 is 10.1 Å². The third-order valence-electron chi connectivity index (χ3n) is 2.85. The van der Waals surface area contributed by atoms with Crippen LogP contribution in [0.5, 0.6) is 0 Å². The second-order valence-electron chi connectivity index (χ2n) is 3.87. The largest absolute Gasteiger partial charge is 0.381 e. The Labute approximate surface area is 94.8 Å². The molecule has 1 aliphatic carbocycles. The highest BCUT2D eigenvalue weighted by atomic mass is 35.5. The molecule has 0 aromatic carbocycles. The zero-order valence-corrected chi connectivity index (χ0v) is 9.50. The predicted molar refractivity (Wildman–Crippen MR) is 61.3 cm³/mol. The molecule has 2 rings (SSSR count). The lowest BCUT2D eigenvalue weighted by atomic mass is 10.2. The van der Waals surface area contributed by atoms with Gasteiger partial charge in [-0.1, -0.05) is 11.6 Å². The fraction of sp³-hybridized carbons (Fsp3) is 0.545. The minimum atomic E-state index is 0.392. The van der Waals surface area contributed by atoms with Crippen molar-refractivity contribution in [3.63, 3.8) is 0 Å². The number of nitrogens with one attached hydrogen (secondary N) is 1. The lowest BCUT2D eigenvalue weighted by Gasteiger charge is -2.14. The average molecular weight is 227 g/mol. The van der Waals surface area contributed by atoms with Crippen LogP contribution in [0.3, 0.4) is 0 Å². The summed E-state index contributed by atoms with van der Waals surface area (Å²) >= 11 is 6.02. The highest BCUT2D eigenvalue weighted by Gasteiger charge is 2.24. The van der Waals surface area contributed by atoms with Gasteiger partial charge in [0.1, 0.15) is 0 Å². The maximum Gasteiger partial charge on any atom is 0.0820 e. The zero-order valence-electron chi connectivity index (χ0n) is 8.74. The van der Waals surface area contributed by atoms with E-state index in [-0.39, 0.29) is 0 Å². The van der Waals surface area contributed by atoms with E-state index in [1.165, 1.54) is 0 Å². The summed E-state index contributed by atoms with van der Waals surface area (Å²) in [7, 11) is 1.77. The van der Waals surface area contributed by atoms with Crippen molar-refractivity contribution in [3.05, 3.63) is 23.5 Å². The van der Waals surface area contributed by atoms with Crippen molar-refractivity contribution in [3.8, 4) is 0 Å². The second kappa shape index (κ2) is 4.81. The smallest absolute Gasteiger partial charge is 0.0820 e. The van der Waals surface area contributed by atoms with E-state index >= 15 is 0 Å². The van der Waals surface area contributed by atoms with Gasteiger partial charge in [-0.25, -0.2) is 0 Å². The average Bonchev–Trinajstić information content (AvgIpc) is 2.69. The molecule has 15 heavy (non-hydrogen) atoms. The Kier molecular flexibility index (Phi) is 3.44. The molecule has 1 fully saturated rings. The van der Waals surface area contributed by atoms with Gasteiger partial charge in [-0.2, -0.15) is 0 Å². The first-order valence-corrected chi connectivity index (χ1v) is 5.56. The Balaban J connectivity index is 1.96. The molecular weight excluding hydrogens is 212 g/mol. The van der Waals surface area contributed by atoms with E-state index in [4.69, 9.17) is 16.3 Å². The number of ether oxygens (including phenoxy) is 1.